The van der Waals surface area contributed by atoms with Crippen LogP contribution in [0.25, 0.3) is 0 Å². The van der Waals surface area contributed by atoms with Crippen LogP contribution < -0.4 is 0 Å². The summed E-state index contributed by atoms with van der Waals surface area (Å²) in [6, 6.07) is 0. The zero-order chi connectivity index (χ0) is 73.2. The van der Waals surface area contributed by atoms with Crippen molar-refractivity contribution in [1.82, 2.24) is 0 Å². The van der Waals surface area contributed by atoms with Crippen LogP contribution in [0.5, 0.6) is 0 Å². The lowest BCUT2D eigenvalue weighted by Gasteiger charge is -2.21. The van der Waals surface area contributed by atoms with Crippen LogP contribution in [0.3, 0.4) is 0 Å². The molecule has 0 aromatic rings. The maximum absolute atomic E-state index is 13.1. The van der Waals surface area contributed by atoms with Crippen molar-refractivity contribution in [2.75, 3.05) is 39.6 Å². The number of carbonyl (C=O) groups is 4. The molecule has 0 aliphatic carbocycles. The van der Waals surface area contributed by atoms with E-state index in [0.717, 1.165) is 205 Å². The summed E-state index contributed by atoms with van der Waals surface area (Å²) in [7, 11) is -9.97. The number of aliphatic hydroxyl groups is 1. The molecular weight excluding hydrogens is 1310 g/mol. The molecule has 0 saturated carbocycles. The average Bonchev–Trinajstić information content (AvgIpc) is 0.953. The van der Waals surface area contributed by atoms with E-state index >= 15 is 0 Å². The molecule has 100 heavy (non-hydrogen) atoms. The maximum atomic E-state index is 13.1. The van der Waals surface area contributed by atoms with Crippen molar-refractivity contribution in [3.05, 3.63) is 134 Å². The average molecular weight is 1440 g/mol. The SMILES string of the molecule is CC/C=C\C/C=C\C/C=C\C/C=C\CCCCCCCCC(=O)OCC(COP(=O)(O)OCC(O)COP(=O)(O)OCC(COC(=O)CCCCCCC/C=C\C/C=C\C/C=C\CC)OC(=O)CCCCCCC/C=C\C/C=C\C/C=C\CC)OC(=O)CCCCCCC/C=C\CCCC. The van der Waals surface area contributed by atoms with Crippen LogP contribution in [0.15, 0.2) is 134 Å². The molecule has 19 heteroatoms. The largest absolute Gasteiger partial charge is 0.472 e. The highest BCUT2D eigenvalue weighted by Gasteiger charge is 2.30. The van der Waals surface area contributed by atoms with Gasteiger partial charge in [-0.25, -0.2) is 9.13 Å². The van der Waals surface area contributed by atoms with Crippen molar-refractivity contribution in [2.45, 2.75) is 316 Å². The molecule has 0 spiro atoms. The van der Waals surface area contributed by atoms with E-state index in [0.29, 0.717) is 25.7 Å². The van der Waals surface area contributed by atoms with Gasteiger partial charge in [-0.15, -0.1) is 0 Å². The van der Waals surface area contributed by atoms with E-state index in [2.05, 4.69) is 161 Å². The van der Waals surface area contributed by atoms with Crippen LogP contribution in [0.4, 0.5) is 0 Å². The molecule has 0 amide bonds. The third kappa shape index (κ3) is 71.6. The normalized spacial score (nSPS) is 14.7. The third-order valence-electron chi connectivity index (χ3n) is 15.6. The summed E-state index contributed by atoms with van der Waals surface area (Å²) >= 11 is 0. The van der Waals surface area contributed by atoms with Crippen LogP contribution in [0.1, 0.15) is 297 Å². The van der Waals surface area contributed by atoms with Crippen LogP contribution in [0.2, 0.25) is 0 Å². The molecule has 0 radical (unpaired) electrons. The molecule has 572 valence electrons. The molecule has 5 unspecified atom stereocenters. The summed E-state index contributed by atoms with van der Waals surface area (Å²) in [5, 5.41) is 10.6. The first-order valence-corrected chi connectivity index (χ1v) is 41.4. The first-order chi connectivity index (χ1) is 48.7. The number of hydrogen-bond acceptors (Lipinski definition) is 15. The number of unbranched alkanes of at least 4 members (excludes halogenated alkanes) is 23. The van der Waals surface area contributed by atoms with Gasteiger partial charge in [-0.2, -0.15) is 0 Å². The summed E-state index contributed by atoms with van der Waals surface area (Å²) in [6.45, 7) is 4.43. The molecule has 0 fully saturated rings. The van der Waals surface area contributed by atoms with Crippen molar-refractivity contribution in [1.29, 1.82) is 0 Å². The van der Waals surface area contributed by atoms with Crippen molar-refractivity contribution < 1.29 is 80.2 Å². The van der Waals surface area contributed by atoms with E-state index in [4.69, 9.17) is 37.0 Å². The number of allylic oxidation sites excluding steroid dienone is 22. The Labute approximate surface area is 605 Å². The molecule has 0 aromatic carbocycles. The van der Waals surface area contributed by atoms with Gasteiger partial charge in [0.2, 0.25) is 0 Å². The minimum atomic E-state index is -4.99. The third-order valence-corrected chi connectivity index (χ3v) is 17.5. The highest BCUT2D eigenvalue weighted by Crippen LogP contribution is 2.45. The number of esters is 4. The molecule has 3 N–H and O–H groups in total. The summed E-state index contributed by atoms with van der Waals surface area (Å²) in [5.74, 6) is -2.24. The van der Waals surface area contributed by atoms with Gasteiger partial charge in [0.25, 0.3) is 0 Å². The number of phosphoric ester groups is 2. The van der Waals surface area contributed by atoms with Crippen molar-refractivity contribution in [2.24, 2.45) is 0 Å². The zero-order valence-corrected chi connectivity index (χ0v) is 64.1. The Balaban J connectivity index is 5.35. The standard InChI is InChI=1S/C81H136O17P2/c1-5-9-13-17-21-25-29-32-35-36-37-38-41-43-47-50-54-58-62-66-79(84)91-71-76(97-80(85)67-63-59-55-51-45-28-24-20-16-12-8-4)73-95-99(87,88)93-69-75(82)70-94-100(89,90)96-74-77(98-81(86)68-64-60-56-52-48-44-40-34-31-27-23-19-15-11-7-3)72-92-78(83)65-61-57-53-49-46-42-39-33-30-26-22-18-14-10-6-2/h9-11,13-15,20-27,32-35,37-40,75-77,82H,5-8,12,16-19,28-31,36,41-74H2,1-4H3,(H,87,88)(H,89,90)/b13-9-,14-10-,15-11-,24-20-,25-21-,26-22-,27-23-,35-32-,38-37-,39-33-,40-34-. The molecule has 0 aliphatic rings. The van der Waals surface area contributed by atoms with E-state index in [1.165, 1.54) is 12.8 Å². The Morgan fingerprint density at radius 3 is 0.810 bits per heavy atom. The number of hydrogen-bond donors (Lipinski definition) is 3. The minimum Gasteiger partial charge on any atom is -0.462 e. The second-order valence-corrected chi connectivity index (χ2v) is 28.1. The zero-order valence-electron chi connectivity index (χ0n) is 62.3. The van der Waals surface area contributed by atoms with Gasteiger partial charge < -0.3 is 33.8 Å². The Kier molecular flexibility index (Phi) is 69.1. The smallest absolute Gasteiger partial charge is 0.462 e. The molecule has 0 aliphatic heterocycles. The summed E-state index contributed by atoms with van der Waals surface area (Å²) < 4.78 is 68.4. The minimum absolute atomic E-state index is 0.0684. The molecular formula is C81H136O17P2. The lowest BCUT2D eigenvalue weighted by atomic mass is 10.1. The predicted octanol–water partition coefficient (Wildman–Crippen LogP) is 22.1. The predicted molar refractivity (Wildman–Crippen MR) is 408 cm³/mol. The monoisotopic (exact) mass is 1440 g/mol. The summed E-state index contributed by atoms with van der Waals surface area (Å²) in [5.41, 5.74) is 0. The van der Waals surface area contributed by atoms with E-state index < -0.39 is 97.5 Å². The number of aliphatic hydroxyl groups excluding tert-OH is 1. The fourth-order valence-corrected chi connectivity index (χ4v) is 11.4. The van der Waals surface area contributed by atoms with Crippen LogP contribution >= 0.6 is 15.6 Å². The Morgan fingerprint density at radius 2 is 0.520 bits per heavy atom. The first kappa shape index (κ1) is 95.2. The fraction of sp³-hybridized carbons (Fsp3) is 0.679. The second-order valence-electron chi connectivity index (χ2n) is 25.1. The van der Waals surface area contributed by atoms with Crippen molar-refractivity contribution in [3.8, 4) is 0 Å². The van der Waals surface area contributed by atoms with Gasteiger partial charge in [0.15, 0.2) is 12.2 Å². The molecule has 17 nitrogen and oxygen atoms in total. The highest BCUT2D eigenvalue weighted by atomic mass is 31.2. The number of phosphoric acid groups is 2. The van der Waals surface area contributed by atoms with Crippen LogP contribution in [0, 0.1) is 0 Å². The molecule has 0 rings (SSSR count). The van der Waals surface area contributed by atoms with Gasteiger partial charge in [0, 0.05) is 25.7 Å². The van der Waals surface area contributed by atoms with Crippen molar-refractivity contribution >= 4 is 39.5 Å². The highest BCUT2D eigenvalue weighted by molar-refractivity contribution is 7.47. The topological polar surface area (TPSA) is 237 Å². The number of ether oxygens (including phenoxy) is 4. The summed E-state index contributed by atoms with van der Waals surface area (Å²) in [4.78, 5) is 72.9. The van der Waals surface area contributed by atoms with E-state index in [1.807, 2.05) is 0 Å². The molecule has 0 bridgehead atoms. The fourth-order valence-electron chi connectivity index (χ4n) is 9.81. The van der Waals surface area contributed by atoms with Gasteiger partial charge in [-0.3, -0.25) is 37.3 Å². The maximum Gasteiger partial charge on any atom is 0.472 e. The van der Waals surface area contributed by atoms with E-state index in [9.17, 15) is 43.2 Å². The summed E-state index contributed by atoms with van der Waals surface area (Å²) in [6.07, 6.45) is 80.1. The second kappa shape index (κ2) is 72.5. The van der Waals surface area contributed by atoms with E-state index in [-0.39, 0.29) is 25.7 Å². The Morgan fingerprint density at radius 1 is 0.290 bits per heavy atom. The molecule has 0 saturated heterocycles. The molecule has 5 atom stereocenters. The molecule has 0 heterocycles. The Bertz CT molecular complexity index is 2420. The van der Waals surface area contributed by atoms with Gasteiger partial charge >= 0.3 is 39.5 Å². The van der Waals surface area contributed by atoms with Crippen LogP contribution in [-0.4, -0.2) is 96.7 Å². The van der Waals surface area contributed by atoms with Gasteiger partial charge in [0.1, 0.15) is 19.3 Å². The lowest BCUT2D eigenvalue weighted by Crippen LogP contribution is -2.30. The van der Waals surface area contributed by atoms with Crippen LogP contribution in [-0.2, 0) is 65.4 Å². The molecule has 0 aromatic heterocycles. The Hall–Kier alpha value is -4.80. The lowest BCUT2D eigenvalue weighted by molar-refractivity contribution is -0.161. The number of carbonyl (C=O) groups excluding carboxylic acids is 4. The van der Waals surface area contributed by atoms with E-state index in [1.54, 1.807) is 0 Å². The quantitative estimate of drug-likeness (QED) is 0.0169. The van der Waals surface area contributed by atoms with Gasteiger partial charge in [0.05, 0.1) is 26.4 Å². The number of rotatable bonds is 71. The van der Waals surface area contributed by atoms with Gasteiger partial charge in [-0.05, 0) is 148 Å². The van der Waals surface area contributed by atoms with Gasteiger partial charge in [-0.1, -0.05) is 258 Å². The van der Waals surface area contributed by atoms with Crippen molar-refractivity contribution in [3.63, 3.8) is 0 Å². The first-order valence-electron chi connectivity index (χ1n) is 38.4.